The Kier molecular flexibility index (Phi) is 5.84. The van der Waals surface area contributed by atoms with Crippen molar-refractivity contribution in [3.63, 3.8) is 0 Å². The van der Waals surface area contributed by atoms with Gasteiger partial charge in [-0.25, -0.2) is 4.79 Å². The molecule has 4 atom stereocenters. The second kappa shape index (κ2) is 7.67. The van der Waals surface area contributed by atoms with Crippen LogP contribution in [0.4, 0.5) is 0 Å². The van der Waals surface area contributed by atoms with Gasteiger partial charge in [0.25, 0.3) is 5.56 Å². The van der Waals surface area contributed by atoms with E-state index in [4.69, 9.17) is 14.2 Å². The topological polar surface area (TPSA) is 117 Å². The van der Waals surface area contributed by atoms with E-state index in [0.717, 1.165) is 0 Å². The fourth-order valence-electron chi connectivity index (χ4n) is 2.48. The SMILES string of the molecule is CSC1C(OC(C)=O)C(COC(C)=O)OC1n1ccc(=O)[nH]c1=O. The molecular formula is C14H18N2O7S. The number of carbonyl (C=O) groups is 2. The molecule has 0 amide bonds. The molecule has 1 aromatic rings. The highest BCUT2D eigenvalue weighted by Gasteiger charge is 2.48. The fourth-order valence-corrected chi connectivity index (χ4v) is 3.41. The molecule has 1 aliphatic heterocycles. The molecule has 132 valence electrons. The molecule has 2 heterocycles. The molecule has 1 aromatic heterocycles. The van der Waals surface area contributed by atoms with Crippen molar-refractivity contribution in [3.8, 4) is 0 Å². The van der Waals surface area contributed by atoms with E-state index in [9.17, 15) is 19.2 Å². The van der Waals surface area contributed by atoms with Crippen molar-refractivity contribution in [1.29, 1.82) is 0 Å². The van der Waals surface area contributed by atoms with Gasteiger partial charge in [0.05, 0.1) is 5.25 Å². The highest BCUT2D eigenvalue weighted by atomic mass is 32.2. The third-order valence-electron chi connectivity index (χ3n) is 3.44. The summed E-state index contributed by atoms with van der Waals surface area (Å²) in [5.74, 6) is -1.00. The molecule has 0 saturated carbocycles. The summed E-state index contributed by atoms with van der Waals surface area (Å²) < 4.78 is 17.3. The number of carbonyl (C=O) groups excluding carboxylic acids is 2. The van der Waals surface area contributed by atoms with Crippen LogP contribution < -0.4 is 11.2 Å². The van der Waals surface area contributed by atoms with Gasteiger partial charge in [0, 0.05) is 26.1 Å². The molecule has 0 aromatic carbocycles. The molecule has 0 aliphatic carbocycles. The van der Waals surface area contributed by atoms with Gasteiger partial charge >= 0.3 is 17.6 Å². The maximum atomic E-state index is 12.0. The molecule has 10 heteroatoms. The minimum absolute atomic E-state index is 0.112. The van der Waals surface area contributed by atoms with Gasteiger partial charge in [-0.3, -0.25) is 23.9 Å². The Morgan fingerprint density at radius 1 is 1.33 bits per heavy atom. The van der Waals surface area contributed by atoms with Crippen LogP contribution in [0.15, 0.2) is 21.9 Å². The zero-order valence-electron chi connectivity index (χ0n) is 13.4. The van der Waals surface area contributed by atoms with Crippen LogP contribution in [0.2, 0.25) is 0 Å². The third-order valence-corrected chi connectivity index (χ3v) is 4.48. The van der Waals surface area contributed by atoms with E-state index in [0.29, 0.717) is 0 Å². The Bertz CT molecular complexity index is 728. The molecule has 0 spiro atoms. The van der Waals surface area contributed by atoms with E-state index in [1.54, 1.807) is 6.26 Å². The van der Waals surface area contributed by atoms with E-state index in [1.807, 2.05) is 0 Å². The summed E-state index contributed by atoms with van der Waals surface area (Å²) in [6.07, 6.45) is 0.880. The quantitative estimate of drug-likeness (QED) is 0.711. The molecule has 2 rings (SSSR count). The summed E-state index contributed by atoms with van der Waals surface area (Å²) in [6.45, 7) is 2.41. The van der Waals surface area contributed by atoms with E-state index >= 15 is 0 Å². The Morgan fingerprint density at radius 2 is 2.04 bits per heavy atom. The Morgan fingerprint density at radius 3 is 2.58 bits per heavy atom. The molecular weight excluding hydrogens is 340 g/mol. The van der Waals surface area contributed by atoms with Gasteiger partial charge in [-0.05, 0) is 6.26 Å². The van der Waals surface area contributed by atoms with Crippen LogP contribution in [-0.4, -0.2) is 51.8 Å². The number of aromatic nitrogens is 2. The van der Waals surface area contributed by atoms with Crippen molar-refractivity contribution in [1.82, 2.24) is 9.55 Å². The van der Waals surface area contributed by atoms with Crippen molar-refractivity contribution in [2.75, 3.05) is 12.9 Å². The van der Waals surface area contributed by atoms with Gasteiger partial charge in [0.2, 0.25) is 0 Å². The Hall–Kier alpha value is -2.07. The zero-order chi connectivity index (χ0) is 17.9. The molecule has 0 radical (unpaired) electrons. The van der Waals surface area contributed by atoms with E-state index in [1.165, 1.54) is 42.4 Å². The first kappa shape index (κ1) is 18.3. The van der Waals surface area contributed by atoms with Crippen molar-refractivity contribution in [3.05, 3.63) is 33.1 Å². The Balaban J connectivity index is 2.34. The van der Waals surface area contributed by atoms with E-state index in [-0.39, 0.29) is 6.61 Å². The number of rotatable bonds is 5. The van der Waals surface area contributed by atoms with Crippen LogP contribution in [0, 0.1) is 0 Å². The lowest BCUT2D eigenvalue weighted by atomic mass is 10.1. The molecule has 1 saturated heterocycles. The second-order valence-electron chi connectivity index (χ2n) is 5.16. The second-order valence-corrected chi connectivity index (χ2v) is 6.18. The number of esters is 2. The minimum atomic E-state index is -0.783. The highest BCUT2D eigenvalue weighted by Crippen LogP contribution is 2.37. The van der Waals surface area contributed by atoms with Crippen LogP contribution in [0.3, 0.4) is 0 Å². The normalized spacial score (nSPS) is 26.1. The summed E-state index contributed by atoms with van der Waals surface area (Å²) in [4.78, 5) is 47.8. The van der Waals surface area contributed by atoms with Crippen LogP contribution >= 0.6 is 11.8 Å². The molecule has 9 nitrogen and oxygen atoms in total. The lowest BCUT2D eigenvalue weighted by molar-refractivity contribution is -0.155. The summed E-state index contributed by atoms with van der Waals surface area (Å²) >= 11 is 1.34. The maximum Gasteiger partial charge on any atom is 0.330 e. The summed E-state index contributed by atoms with van der Waals surface area (Å²) in [6, 6.07) is 1.20. The minimum Gasteiger partial charge on any atom is -0.463 e. The number of nitrogens with one attached hydrogen (secondary N) is 1. The van der Waals surface area contributed by atoms with Crippen molar-refractivity contribution < 1.29 is 23.8 Å². The first-order valence-corrected chi connectivity index (χ1v) is 8.42. The number of H-pyrrole nitrogens is 1. The monoisotopic (exact) mass is 358 g/mol. The van der Waals surface area contributed by atoms with Gasteiger partial charge in [0.15, 0.2) is 6.23 Å². The highest BCUT2D eigenvalue weighted by molar-refractivity contribution is 7.99. The third kappa shape index (κ3) is 4.06. The number of hydrogen-bond acceptors (Lipinski definition) is 8. The lowest BCUT2D eigenvalue weighted by Gasteiger charge is -2.22. The molecule has 1 aliphatic rings. The Labute approximate surface area is 141 Å². The van der Waals surface area contributed by atoms with Gasteiger partial charge < -0.3 is 14.2 Å². The largest absolute Gasteiger partial charge is 0.463 e. The average molecular weight is 358 g/mol. The smallest absolute Gasteiger partial charge is 0.330 e. The van der Waals surface area contributed by atoms with Crippen LogP contribution in [0.1, 0.15) is 20.1 Å². The standard InChI is InChI=1S/C14H18N2O7S/c1-7(17)21-6-9-11(22-8(2)18)12(24-3)13(23-9)16-5-4-10(19)15-14(16)20/h4-5,9,11-13H,6H2,1-3H3,(H,15,19,20). The summed E-state index contributed by atoms with van der Waals surface area (Å²) in [5, 5.41) is -0.418. The van der Waals surface area contributed by atoms with E-state index < -0.39 is 46.9 Å². The first-order chi connectivity index (χ1) is 11.3. The van der Waals surface area contributed by atoms with Crippen molar-refractivity contribution in [2.24, 2.45) is 0 Å². The predicted octanol–water partition coefficient (Wildman–Crippen LogP) is -0.340. The zero-order valence-corrected chi connectivity index (χ0v) is 14.2. The van der Waals surface area contributed by atoms with Gasteiger partial charge in [-0.1, -0.05) is 0 Å². The number of nitrogens with zero attached hydrogens (tertiary/aromatic N) is 1. The molecule has 1 N–H and O–H groups in total. The number of aromatic amines is 1. The molecule has 0 bridgehead atoms. The molecule has 1 fully saturated rings. The average Bonchev–Trinajstić information content (AvgIpc) is 2.82. The predicted molar refractivity (Wildman–Crippen MR) is 84.7 cm³/mol. The van der Waals surface area contributed by atoms with Gasteiger partial charge in [-0.15, -0.1) is 0 Å². The summed E-state index contributed by atoms with van der Waals surface area (Å²) in [7, 11) is 0. The summed E-state index contributed by atoms with van der Waals surface area (Å²) in [5.41, 5.74) is -1.16. The fraction of sp³-hybridized carbons (Fsp3) is 0.571. The molecule has 4 unspecified atom stereocenters. The van der Waals surface area contributed by atoms with Crippen LogP contribution in [0.5, 0.6) is 0 Å². The van der Waals surface area contributed by atoms with E-state index in [2.05, 4.69) is 4.98 Å². The van der Waals surface area contributed by atoms with Crippen molar-refractivity contribution in [2.45, 2.75) is 37.5 Å². The maximum absolute atomic E-state index is 12.0. The lowest BCUT2D eigenvalue weighted by Crippen LogP contribution is -2.38. The van der Waals surface area contributed by atoms with Gasteiger partial charge in [0.1, 0.15) is 18.8 Å². The van der Waals surface area contributed by atoms with Crippen LogP contribution in [0.25, 0.3) is 0 Å². The first-order valence-electron chi connectivity index (χ1n) is 7.13. The number of hydrogen-bond donors (Lipinski definition) is 1. The molecule has 24 heavy (non-hydrogen) atoms. The van der Waals surface area contributed by atoms with Crippen molar-refractivity contribution >= 4 is 23.7 Å². The number of ether oxygens (including phenoxy) is 3. The van der Waals surface area contributed by atoms with Crippen LogP contribution in [-0.2, 0) is 23.8 Å². The van der Waals surface area contributed by atoms with Gasteiger partial charge in [-0.2, -0.15) is 11.8 Å². The number of thioether (sulfide) groups is 1.